The second-order valence-electron chi connectivity index (χ2n) is 2.20. The van der Waals surface area contributed by atoms with Crippen LogP contribution in [0, 0.1) is 0 Å². The van der Waals surface area contributed by atoms with Crippen LogP contribution in [0.3, 0.4) is 0 Å². The minimum absolute atomic E-state index is 0.507. The summed E-state index contributed by atoms with van der Waals surface area (Å²) in [7, 11) is 0. The molecule has 0 spiro atoms. The molecule has 64 valence electrons. The number of alkyl halides is 1. The van der Waals surface area contributed by atoms with E-state index in [1.807, 2.05) is 18.2 Å². The van der Waals surface area contributed by atoms with E-state index in [4.69, 9.17) is 11.6 Å². The summed E-state index contributed by atoms with van der Waals surface area (Å²) in [5, 5.41) is 0. The first-order valence-corrected chi connectivity index (χ1v) is 5.13. The highest BCUT2D eigenvalue weighted by Crippen LogP contribution is 2.18. The van der Waals surface area contributed by atoms with Crippen molar-refractivity contribution < 1.29 is 4.55 Å². The van der Waals surface area contributed by atoms with Gasteiger partial charge in [0, 0.05) is 11.2 Å². The first kappa shape index (κ1) is 9.65. The van der Waals surface area contributed by atoms with E-state index in [9.17, 15) is 4.55 Å². The van der Waals surface area contributed by atoms with Gasteiger partial charge in [-0.3, -0.25) is 0 Å². The number of hydrogen-bond donors (Lipinski definition) is 0. The second kappa shape index (κ2) is 4.55. The van der Waals surface area contributed by atoms with E-state index in [0.29, 0.717) is 0 Å². The zero-order chi connectivity index (χ0) is 8.97. The lowest BCUT2D eigenvalue weighted by Gasteiger charge is -2.11. The highest BCUT2D eigenvalue weighted by atomic mass is 35.5. The molecule has 0 aliphatic rings. The van der Waals surface area contributed by atoms with Crippen molar-refractivity contribution in [3.05, 3.63) is 43.0 Å². The molecular formula is C9H9ClOS. The molecule has 0 radical (unpaired) electrons. The third-order valence-corrected chi connectivity index (χ3v) is 3.37. The van der Waals surface area contributed by atoms with Gasteiger partial charge in [0.1, 0.15) is 0 Å². The Labute approximate surface area is 80.2 Å². The first-order valence-electron chi connectivity index (χ1n) is 3.48. The lowest BCUT2D eigenvalue weighted by Crippen LogP contribution is -2.12. The largest absolute Gasteiger partial charge is 0.610 e. The van der Waals surface area contributed by atoms with Gasteiger partial charge in [0.2, 0.25) is 4.71 Å². The Hall–Kier alpha value is -0.440. The highest BCUT2D eigenvalue weighted by Gasteiger charge is 2.17. The Balaban J connectivity index is 2.78. The Morgan fingerprint density at radius 2 is 2.00 bits per heavy atom. The summed E-state index contributed by atoms with van der Waals surface area (Å²) in [6.45, 7) is 3.48. The average molecular weight is 201 g/mol. The minimum Gasteiger partial charge on any atom is -0.610 e. The van der Waals surface area contributed by atoms with Crippen LogP contribution in [0.1, 0.15) is 0 Å². The van der Waals surface area contributed by atoms with Crippen molar-refractivity contribution in [3.63, 3.8) is 0 Å². The maximum Gasteiger partial charge on any atom is 0.212 e. The summed E-state index contributed by atoms with van der Waals surface area (Å²) in [5.41, 5.74) is 0. The fourth-order valence-electron chi connectivity index (χ4n) is 0.772. The molecule has 0 N–H and O–H groups in total. The summed E-state index contributed by atoms with van der Waals surface area (Å²) in [4.78, 5) is 0.734. The van der Waals surface area contributed by atoms with Crippen molar-refractivity contribution in [1.82, 2.24) is 0 Å². The van der Waals surface area contributed by atoms with Gasteiger partial charge < -0.3 is 4.55 Å². The van der Waals surface area contributed by atoms with Crippen LogP contribution >= 0.6 is 11.6 Å². The molecule has 0 saturated heterocycles. The Bertz CT molecular complexity index is 250. The molecule has 0 aliphatic heterocycles. The van der Waals surface area contributed by atoms with E-state index in [2.05, 4.69) is 6.58 Å². The van der Waals surface area contributed by atoms with Crippen LogP contribution in [0.25, 0.3) is 0 Å². The van der Waals surface area contributed by atoms with Crippen molar-refractivity contribution in [1.29, 1.82) is 0 Å². The predicted molar refractivity (Wildman–Crippen MR) is 52.7 cm³/mol. The number of halogens is 1. The topological polar surface area (TPSA) is 23.1 Å². The lowest BCUT2D eigenvalue weighted by atomic mass is 10.4. The van der Waals surface area contributed by atoms with Gasteiger partial charge in [-0.1, -0.05) is 36.4 Å². The van der Waals surface area contributed by atoms with Crippen molar-refractivity contribution >= 4 is 22.8 Å². The summed E-state index contributed by atoms with van der Waals surface area (Å²) >= 11 is 4.55. The van der Waals surface area contributed by atoms with Gasteiger partial charge in [-0.15, -0.1) is 0 Å². The average Bonchev–Trinajstić information content (AvgIpc) is 2.17. The molecule has 0 heterocycles. The van der Waals surface area contributed by atoms with E-state index in [-0.39, 0.29) is 0 Å². The van der Waals surface area contributed by atoms with Gasteiger partial charge in [0.05, 0.1) is 0 Å². The maximum atomic E-state index is 11.5. The van der Waals surface area contributed by atoms with Crippen LogP contribution in [0.15, 0.2) is 47.9 Å². The van der Waals surface area contributed by atoms with Crippen LogP contribution in [-0.2, 0) is 11.2 Å². The van der Waals surface area contributed by atoms with Gasteiger partial charge in [0.15, 0.2) is 4.90 Å². The molecule has 0 bridgehead atoms. The molecule has 3 heteroatoms. The van der Waals surface area contributed by atoms with Gasteiger partial charge in [0.25, 0.3) is 0 Å². The van der Waals surface area contributed by atoms with Gasteiger partial charge >= 0.3 is 0 Å². The smallest absolute Gasteiger partial charge is 0.212 e. The predicted octanol–water partition coefficient (Wildman–Crippen LogP) is 2.55. The third kappa shape index (κ3) is 2.27. The molecule has 2 atom stereocenters. The van der Waals surface area contributed by atoms with Crippen LogP contribution in [0.4, 0.5) is 0 Å². The fourth-order valence-corrected chi connectivity index (χ4v) is 1.94. The van der Waals surface area contributed by atoms with Crippen molar-refractivity contribution in [2.24, 2.45) is 0 Å². The van der Waals surface area contributed by atoms with Crippen LogP contribution < -0.4 is 0 Å². The standard InChI is InChI=1S/C9H9ClOS/c1-2-9(10)12(11)8-6-4-3-5-7-8/h2-7,9H,1H2. The van der Waals surface area contributed by atoms with Gasteiger partial charge in [-0.25, -0.2) is 0 Å². The molecule has 12 heavy (non-hydrogen) atoms. The summed E-state index contributed by atoms with van der Waals surface area (Å²) in [5.74, 6) is 0. The quantitative estimate of drug-likeness (QED) is 0.418. The van der Waals surface area contributed by atoms with Crippen LogP contribution in [0.2, 0.25) is 0 Å². The molecule has 1 rings (SSSR count). The van der Waals surface area contributed by atoms with Crippen molar-refractivity contribution in [2.75, 3.05) is 0 Å². The van der Waals surface area contributed by atoms with E-state index in [1.165, 1.54) is 6.08 Å². The van der Waals surface area contributed by atoms with E-state index < -0.39 is 15.9 Å². The van der Waals surface area contributed by atoms with Crippen LogP contribution in [-0.4, -0.2) is 9.26 Å². The second-order valence-corrected chi connectivity index (χ2v) is 4.50. The molecular weight excluding hydrogens is 192 g/mol. The molecule has 0 aromatic heterocycles. The Morgan fingerprint density at radius 1 is 1.42 bits per heavy atom. The molecule has 0 fully saturated rings. The van der Waals surface area contributed by atoms with E-state index in [0.717, 1.165) is 4.90 Å². The molecule has 2 unspecified atom stereocenters. The third-order valence-electron chi connectivity index (χ3n) is 1.37. The number of benzene rings is 1. The fraction of sp³-hybridized carbons (Fsp3) is 0.111. The van der Waals surface area contributed by atoms with Crippen molar-refractivity contribution in [2.45, 2.75) is 9.60 Å². The Kier molecular flexibility index (Phi) is 3.66. The Morgan fingerprint density at radius 3 is 2.50 bits per heavy atom. The lowest BCUT2D eigenvalue weighted by molar-refractivity contribution is 0.595. The first-order chi connectivity index (χ1) is 5.75. The summed E-state index contributed by atoms with van der Waals surface area (Å²) in [6, 6.07) is 9.11. The molecule has 0 saturated carbocycles. The van der Waals surface area contributed by atoms with E-state index in [1.54, 1.807) is 12.1 Å². The maximum absolute atomic E-state index is 11.5. The molecule has 0 aliphatic carbocycles. The van der Waals surface area contributed by atoms with Gasteiger partial charge in [-0.2, -0.15) is 0 Å². The SMILES string of the molecule is C=CC(Cl)[S+]([O-])c1ccccc1. The molecule has 1 aromatic carbocycles. The zero-order valence-electron chi connectivity index (χ0n) is 6.44. The van der Waals surface area contributed by atoms with Crippen LogP contribution in [0.5, 0.6) is 0 Å². The molecule has 1 aromatic rings. The van der Waals surface area contributed by atoms with Crippen molar-refractivity contribution in [3.8, 4) is 0 Å². The highest BCUT2D eigenvalue weighted by molar-refractivity contribution is 7.93. The molecule has 0 amide bonds. The van der Waals surface area contributed by atoms with E-state index >= 15 is 0 Å². The summed E-state index contributed by atoms with van der Waals surface area (Å²) < 4.78 is 11.0. The minimum atomic E-state index is -1.18. The normalized spacial score (nSPS) is 15.2. The monoisotopic (exact) mass is 200 g/mol. The molecule has 1 nitrogen and oxygen atoms in total. The zero-order valence-corrected chi connectivity index (χ0v) is 8.02. The number of rotatable bonds is 3. The summed E-state index contributed by atoms with van der Waals surface area (Å²) in [6.07, 6.45) is 1.48. The number of hydrogen-bond acceptors (Lipinski definition) is 1. The van der Waals surface area contributed by atoms with Gasteiger partial charge in [-0.05, 0) is 18.2 Å².